The SMILES string of the molecule is NC(=O)c1ccc(OC(=O)c2cccnc2Cl)cc1. The van der Waals surface area contributed by atoms with E-state index >= 15 is 0 Å². The Balaban J connectivity index is 2.15. The maximum Gasteiger partial charge on any atom is 0.346 e. The van der Waals surface area contributed by atoms with Crippen molar-refractivity contribution in [2.75, 3.05) is 0 Å². The van der Waals surface area contributed by atoms with Crippen molar-refractivity contribution < 1.29 is 14.3 Å². The van der Waals surface area contributed by atoms with Crippen LogP contribution < -0.4 is 10.5 Å². The first-order valence-electron chi connectivity index (χ1n) is 5.30. The van der Waals surface area contributed by atoms with Gasteiger partial charge in [0.25, 0.3) is 0 Å². The zero-order valence-corrected chi connectivity index (χ0v) is 10.4. The van der Waals surface area contributed by atoms with Crippen LogP contribution in [0.3, 0.4) is 0 Å². The summed E-state index contributed by atoms with van der Waals surface area (Å²) in [7, 11) is 0. The molecule has 0 saturated heterocycles. The van der Waals surface area contributed by atoms with Crippen molar-refractivity contribution in [2.45, 2.75) is 0 Å². The zero-order chi connectivity index (χ0) is 13.8. The van der Waals surface area contributed by atoms with Crippen molar-refractivity contribution in [1.29, 1.82) is 0 Å². The maximum absolute atomic E-state index is 11.8. The highest BCUT2D eigenvalue weighted by molar-refractivity contribution is 6.32. The van der Waals surface area contributed by atoms with Gasteiger partial charge in [0.2, 0.25) is 5.91 Å². The van der Waals surface area contributed by atoms with E-state index in [-0.39, 0.29) is 16.5 Å². The molecule has 0 aliphatic carbocycles. The van der Waals surface area contributed by atoms with Gasteiger partial charge in [-0.3, -0.25) is 4.79 Å². The number of aromatic nitrogens is 1. The van der Waals surface area contributed by atoms with Gasteiger partial charge in [0, 0.05) is 11.8 Å². The van der Waals surface area contributed by atoms with E-state index in [9.17, 15) is 9.59 Å². The number of hydrogen-bond acceptors (Lipinski definition) is 4. The summed E-state index contributed by atoms with van der Waals surface area (Å²) in [6, 6.07) is 8.98. The molecule has 1 aromatic carbocycles. The zero-order valence-electron chi connectivity index (χ0n) is 9.67. The maximum atomic E-state index is 11.8. The van der Waals surface area contributed by atoms with E-state index in [0.29, 0.717) is 5.56 Å². The van der Waals surface area contributed by atoms with Crippen LogP contribution in [0.1, 0.15) is 20.7 Å². The van der Waals surface area contributed by atoms with Crippen molar-refractivity contribution in [3.63, 3.8) is 0 Å². The lowest BCUT2D eigenvalue weighted by Crippen LogP contribution is -2.12. The van der Waals surface area contributed by atoms with Gasteiger partial charge in [0.05, 0.1) is 5.56 Å². The van der Waals surface area contributed by atoms with Crippen molar-refractivity contribution in [1.82, 2.24) is 4.98 Å². The van der Waals surface area contributed by atoms with Gasteiger partial charge in [0.1, 0.15) is 10.9 Å². The number of benzene rings is 1. The molecular weight excluding hydrogens is 268 g/mol. The summed E-state index contributed by atoms with van der Waals surface area (Å²) in [5.74, 6) is -0.881. The number of carbonyl (C=O) groups excluding carboxylic acids is 2. The smallest absolute Gasteiger partial charge is 0.346 e. The average molecular weight is 277 g/mol. The first-order chi connectivity index (χ1) is 9.08. The van der Waals surface area contributed by atoms with Crippen molar-refractivity contribution in [3.8, 4) is 5.75 Å². The number of esters is 1. The molecule has 1 amide bonds. The summed E-state index contributed by atoms with van der Waals surface area (Å²) in [6.07, 6.45) is 1.47. The van der Waals surface area contributed by atoms with Gasteiger partial charge in [-0.1, -0.05) is 11.6 Å². The van der Waals surface area contributed by atoms with Crippen LogP contribution in [0.15, 0.2) is 42.6 Å². The predicted octanol–water partition coefficient (Wildman–Crippen LogP) is 2.05. The second kappa shape index (κ2) is 5.49. The second-order valence-electron chi connectivity index (χ2n) is 3.62. The summed E-state index contributed by atoms with van der Waals surface area (Å²) >= 11 is 5.78. The van der Waals surface area contributed by atoms with Crippen molar-refractivity contribution in [2.24, 2.45) is 5.73 Å². The quantitative estimate of drug-likeness (QED) is 0.528. The standard InChI is InChI=1S/C13H9ClN2O3/c14-11-10(2-1-7-16-11)13(18)19-9-5-3-8(4-6-9)12(15)17/h1-7H,(H2,15,17). The highest BCUT2D eigenvalue weighted by atomic mass is 35.5. The summed E-state index contributed by atoms with van der Waals surface area (Å²) in [5, 5.41) is 0.0706. The number of halogens is 1. The molecule has 19 heavy (non-hydrogen) atoms. The molecule has 0 saturated carbocycles. The fourth-order valence-electron chi connectivity index (χ4n) is 1.39. The largest absolute Gasteiger partial charge is 0.423 e. The van der Waals surface area contributed by atoms with Gasteiger partial charge in [-0.05, 0) is 36.4 Å². The van der Waals surface area contributed by atoms with Gasteiger partial charge in [-0.25, -0.2) is 9.78 Å². The van der Waals surface area contributed by atoms with Crippen LogP contribution in [-0.2, 0) is 0 Å². The van der Waals surface area contributed by atoms with Crippen LogP contribution in [0.4, 0.5) is 0 Å². The van der Waals surface area contributed by atoms with Crippen LogP contribution in [0.2, 0.25) is 5.15 Å². The van der Waals surface area contributed by atoms with Crippen LogP contribution in [0.5, 0.6) is 5.75 Å². The molecule has 5 nitrogen and oxygen atoms in total. The number of ether oxygens (including phenoxy) is 1. The fourth-order valence-corrected chi connectivity index (χ4v) is 1.58. The molecule has 0 aliphatic rings. The molecule has 0 bridgehead atoms. The Kier molecular flexibility index (Phi) is 3.77. The normalized spacial score (nSPS) is 9.95. The Morgan fingerprint density at radius 3 is 2.42 bits per heavy atom. The molecule has 2 aromatic rings. The van der Waals surface area contributed by atoms with E-state index in [1.54, 1.807) is 6.07 Å². The van der Waals surface area contributed by atoms with Crippen LogP contribution in [0.25, 0.3) is 0 Å². The Labute approximate surface area is 114 Å². The third-order valence-corrected chi connectivity index (χ3v) is 2.63. The van der Waals surface area contributed by atoms with Crippen molar-refractivity contribution >= 4 is 23.5 Å². The Morgan fingerprint density at radius 2 is 1.84 bits per heavy atom. The minimum Gasteiger partial charge on any atom is -0.423 e. The van der Waals surface area contributed by atoms with Crippen molar-refractivity contribution in [3.05, 3.63) is 58.9 Å². The third-order valence-electron chi connectivity index (χ3n) is 2.33. The Morgan fingerprint density at radius 1 is 1.16 bits per heavy atom. The Hall–Kier alpha value is -2.40. The van der Waals surface area contributed by atoms with E-state index in [1.165, 1.54) is 36.5 Å². The number of carbonyl (C=O) groups is 2. The first kappa shape index (κ1) is 13.0. The number of primary amides is 1. The van der Waals surface area contributed by atoms with Crippen LogP contribution in [-0.4, -0.2) is 16.9 Å². The number of hydrogen-bond donors (Lipinski definition) is 1. The van der Waals surface area contributed by atoms with E-state index in [2.05, 4.69) is 4.98 Å². The van der Waals surface area contributed by atoms with E-state index in [0.717, 1.165) is 0 Å². The first-order valence-corrected chi connectivity index (χ1v) is 5.68. The molecule has 2 rings (SSSR count). The number of nitrogens with zero attached hydrogens (tertiary/aromatic N) is 1. The van der Waals surface area contributed by atoms with Gasteiger partial charge in [0.15, 0.2) is 0 Å². The number of nitrogens with two attached hydrogens (primary N) is 1. The lowest BCUT2D eigenvalue weighted by molar-refractivity contribution is 0.0734. The molecule has 1 aromatic heterocycles. The minimum absolute atomic E-state index is 0.0706. The monoisotopic (exact) mass is 276 g/mol. The number of amides is 1. The second-order valence-corrected chi connectivity index (χ2v) is 3.98. The van der Waals surface area contributed by atoms with Gasteiger partial charge in [-0.2, -0.15) is 0 Å². The molecule has 1 heterocycles. The molecule has 0 atom stereocenters. The lowest BCUT2D eigenvalue weighted by Gasteiger charge is -2.05. The molecule has 2 N–H and O–H groups in total. The predicted molar refractivity (Wildman–Crippen MR) is 69.2 cm³/mol. The van der Waals surface area contributed by atoms with Gasteiger partial charge in [-0.15, -0.1) is 0 Å². The fraction of sp³-hybridized carbons (Fsp3) is 0. The third kappa shape index (κ3) is 3.08. The van der Waals surface area contributed by atoms with E-state index < -0.39 is 11.9 Å². The molecule has 0 aliphatic heterocycles. The molecule has 6 heteroatoms. The minimum atomic E-state index is -0.620. The summed E-state index contributed by atoms with van der Waals surface area (Å²) in [6.45, 7) is 0. The van der Waals surface area contributed by atoms with E-state index in [1.807, 2.05) is 0 Å². The summed E-state index contributed by atoms with van der Waals surface area (Å²) < 4.78 is 5.10. The van der Waals surface area contributed by atoms with Gasteiger partial charge >= 0.3 is 5.97 Å². The summed E-state index contributed by atoms with van der Waals surface area (Å²) in [4.78, 5) is 26.5. The van der Waals surface area contributed by atoms with Gasteiger partial charge < -0.3 is 10.5 Å². The Bertz CT molecular complexity index is 626. The lowest BCUT2D eigenvalue weighted by atomic mass is 10.2. The molecular formula is C13H9ClN2O3. The van der Waals surface area contributed by atoms with Crippen LogP contribution in [0, 0.1) is 0 Å². The molecule has 0 unspecified atom stereocenters. The highest BCUT2D eigenvalue weighted by Gasteiger charge is 2.13. The molecule has 0 spiro atoms. The topological polar surface area (TPSA) is 82.3 Å². The molecule has 0 radical (unpaired) electrons. The molecule has 0 fully saturated rings. The average Bonchev–Trinajstić information content (AvgIpc) is 2.39. The number of pyridine rings is 1. The van der Waals surface area contributed by atoms with E-state index in [4.69, 9.17) is 22.1 Å². The summed E-state index contributed by atoms with van der Waals surface area (Å²) in [5.41, 5.74) is 5.61. The number of rotatable bonds is 3. The van der Waals surface area contributed by atoms with Crippen LogP contribution >= 0.6 is 11.6 Å². The highest BCUT2D eigenvalue weighted by Crippen LogP contribution is 2.17. The molecule has 96 valence electrons.